The number of anilines is 1. The van der Waals surface area contributed by atoms with E-state index in [1.165, 1.54) is 12.1 Å². The SMILES string of the molecule is Nc1ccc(C(=O)Cc2ccc(F)cc2)c(Cl)c1. The van der Waals surface area contributed by atoms with Crippen molar-refractivity contribution < 1.29 is 9.18 Å². The number of nitrogen functional groups attached to an aromatic ring is 1. The number of carbonyl (C=O) groups excluding carboxylic acids is 1. The van der Waals surface area contributed by atoms with Crippen LogP contribution in [0, 0.1) is 5.82 Å². The molecule has 0 saturated heterocycles. The number of carbonyl (C=O) groups is 1. The molecule has 0 spiro atoms. The molecule has 0 unspecified atom stereocenters. The van der Waals surface area contributed by atoms with Crippen LogP contribution in [0.4, 0.5) is 10.1 Å². The van der Waals surface area contributed by atoms with Gasteiger partial charge in [0.25, 0.3) is 0 Å². The molecule has 4 heteroatoms. The van der Waals surface area contributed by atoms with Gasteiger partial charge in [0.2, 0.25) is 0 Å². The zero-order valence-corrected chi connectivity index (χ0v) is 10.2. The molecule has 2 rings (SSSR count). The summed E-state index contributed by atoms with van der Waals surface area (Å²) in [5.41, 5.74) is 7.24. The number of nitrogens with two attached hydrogens (primary N) is 1. The Morgan fingerprint density at radius 1 is 1.17 bits per heavy atom. The lowest BCUT2D eigenvalue weighted by molar-refractivity contribution is 0.0993. The summed E-state index contributed by atoms with van der Waals surface area (Å²) in [7, 11) is 0. The van der Waals surface area contributed by atoms with Crippen LogP contribution in [0.25, 0.3) is 0 Å². The number of rotatable bonds is 3. The molecule has 0 aliphatic heterocycles. The highest BCUT2D eigenvalue weighted by atomic mass is 35.5. The third-order valence-electron chi connectivity index (χ3n) is 2.57. The predicted octanol–water partition coefficient (Wildman–Crippen LogP) is 3.49. The molecule has 0 atom stereocenters. The Hall–Kier alpha value is -1.87. The first-order valence-electron chi connectivity index (χ1n) is 5.39. The minimum atomic E-state index is -0.322. The van der Waals surface area contributed by atoms with E-state index in [2.05, 4.69) is 0 Å². The fourth-order valence-corrected chi connectivity index (χ4v) is 1.93. The minimum Gasteiger partial charge on any atom is -0.399 e. The van der Waals surface area contributed by atoms with Crippen LogP contribution in [0.2, 0.25) is 5.02 Å². The summed E-state index contributed by atoms with van der Waals surface area (Å²) < 4.78 is 12.7. The van der Waals surface area contributed by atoms with E-state index in [1.807, 2.05) is 0 Å². The molecule has 2 aromatic carbocycles. The van der Waals surface area contributed by atoms with Crippen molar-refractivity contribution in [3.05, 3.63) is 64.4 Å². The highest BCUT2D eigenvalue weighted by molar-refractivity contribution is 6.34. The summed E-state index contributed by atoms with van der Waals surface area (Å²) in [5, 5.41) is 0.335. The summed E-state index contributed by atoms with van der Waals surface area (Å²) in [5.74, 6) is -0.441. The molecule has 0 fully saturated rings. The van der Waals surface area contributed by atoms with Gasteiger partial charge in [-0.15, -0.1) is 0 Å². The highest BCUT2D eigenvalue weighted by Gasteiger charge is 2.11. The number of Topliss-reactive ketones (excluding diaryl/α,β-unsaturated/α-hetero) is 1. The van der Waals surface area contributed by atoms with Crippen LogP contribution < -0.4 is 5.73 Å². The van der Waals surface area contributed by atoms with Gasteiger partial charge in [-0.2, -0.15) is 0 Å². The molecule has 2 aromatic rings. The van der Waals surface area contributed by atoms with Gasteiger partial charge in [0, 0.05) is 17.7 Å². The molecule has 0 radical (unpaired) electrons. The van der Waals surface area contributed by atoms with Crippen LogP contribution in [0.3, 0.4) is 0 Å². The minimum absolute atomic E-state index is 0.119. The first-order chi connectivity index (χ1) is 8.56. The van der Waals surface area contributed by atoms with Crippen molar-refractivity contribution in [2.24, 2.45) is 0 Å². The lowest BCUT2D eigenvalue weighted by atomic mass is 10.0. The number of halogens is 2. The zero-order chi connectivity index (χ0) is 13.1. The fourth-order valence-electron chi connectivity index (χ4n) is 1.64. The average molecular weight is 264 g/mol. The summed E-state index contributed by atoms with van der Waals surface area (Å²) in [6, 6.07) is 10.6. The van der Waals surface area contributed by atoms with E-state index in [9.17, 15) is 9.18 Å². The van der Waals surface area contributed by atoms with Crippen molar-refractivity contribution in [3.8, 4) is 0 Å². The Balaban J connectivity index is 2.19. The third-order valence-corrected chi connectivity index (χ3v) is 2.88. The first-order valence-corrected chi connectivity index (χ1v) is 5.77. The Labute approximate surface area is 109 Å². The van der Waals surface area contributed by atoms with Gasteiger partial charge in [-0.3, -0.25) is 4.79 Å². The van der Waals surface area contributed by atoms with Gasteiger partial charge < -0.3 is 5.73 Å². The van der Waals surface area contributed by atoms with Crippen molar-refractivity contribution in [1.82, 2.24) is 0 Å². The molecule has 0 aliphatic carbocycles. The molecule has 0 aromatic heterocycles. The van der Waals surface area contributed by atoms with Gasteiger partial charge in [0.1, 0.15) is 5.82 Å². The molecule has 92 valence electrons. The molecular formula is C14H11ClFNO. The van der Waals surface area contributed by atoms with Crippen LogP contribution in [0.1, 0.15) is 15.9 Å². The molecule has 0 heterocycles. The van der Waals surface area contributed by atoms with Crippen LogP contribution in [-0.4, -0.2) is 5.78 Å². The summed E-state index contributed by atoms with van der Waals surface area (Å²) in [6.45, 7) is 0. The maximum Gasteiger partial charge on any atom is 0.168 e. The number of benzene rings is 2. The van der Waals surface area contributed by atoms with E-state index in [4.69, 9.17) is 17.3 Å². The lowest BCUT2D eigenvalue weighted by Crippen LogP contribution is -2.04. The van der Waals surface area contributed by atoms with Crippen LogP contribution in [-0.2, 0) is 6.42 Å². The maximum absolute atomic E-state index is 12.7. The first kappa shape index (κ1) is 12.6. The molecular weight excluding hydrogens is 253 g/mol. The van der Waals surface area contributed by atoms with Gasteiger partial charge in [0.05, 0.1) is 5.02 Å². The maximum atomic E-state index is 12.7. The molecule has 0 aliphatic rings. The Kier molecular flexibility index (Phi) is 3.63. The zero-order valence-electron chi connectivity index (χ0n) is 9.49. The van der Waals surface area contributed by atoms with E-state index in [-0.39, 0.29) is 18.0 Å². The molecule has 0 amide bonds. The van der Waals surface area contributed by atoms with Crippen molar-refractivity contribution in [1.29, 1.82) is 0 Å². The van der Waals surface area contributed by atoms with Gasteiger partial charge in [-0.05, 0) is 35.9 Å². The Morgan fingerprint density at radius 2 is 1.83 bits per heavy atom. The summed E-state index contributed by atoms with van der Waals surface area (Å²) >= 11 is 5.96. The van der Waals surface area contributed by atoms with Crippen LogP contribution in [0.5, 0.6) is 0 Å². The Morgan fingerprint density at radius 3 is 2.44 bits per heavy atom. The fraction of sp³-hybridized carbons (Fsp3) is 0.0714. The smallest absolute Gasteiger partial charge is 0.168 e. The molecule has 0 bridgehead atoms. The third kappa shape index (κ3) is 2.87. The number of hydrogen-bond donors (Lipinski definition) is 1. The van der Waals surface area contributed by atoms with E-state index < -0.39 is 0 Å². The summed E-state index contributed by atoms with van der Waals surface area (Å²) in [6.07, 6.45) is 0.184. The highest BCUT2D eigenvalue weighted by Crippen LogP contribution is 2.21. The normalized spacial score (nSPS) is 10.3. The van der Waals surface area contributed by atoms with Crippen LogP contribution >= 0.6 is 11.6 Å². The largest absolute Gasteiger partial charge is 0.399 e. The predicted molar refractivity (Wildman–Crippen MR) is 70.3 cm³/mol. The Bertz CT molecular complexity index is 581. The number of ketones is 1. The second kappa shape index (κ2) is 5.19. The lowest BCUT2D eigenvalue weighted by Gasteiger charge is -2.05. The van der Waals surface area contributed by atoms with Gasteiger partial charge >= 0.3 is 0 Å². The van der Waals surface area contributed by atoms with E-state index in [1.54, 1.807) is 30.3 Å². The van der Waals surface area contributed by atoms with E-state index >= 15 is 0 Å². The van der Waals surface area contributed by atoms with Gasteiger partial charge in [-0.25, -0.2) is 4.39 Å². The summed E-state index contributed by atoms with van der Waals surface area (Å²) in [4.78, 5) is 12.0. The molecule has 18 heavy (non-hydrogen) atoms. The van der Waals surface area contributed by atoms with Crippen LogP contribution in [0.15, 0.2) is 42.5 Å². The van der Waals surface area contributed by atoms with Crippen molar-refractivity contribution in [3.63, 3.8) is 0 Å². The molecule has 2 nitrogen and oxygen atoms in total. The average Bonchev–Trinajstić information content (AvgIpc) is 2.32. The van der Waals surface area contributed by atoms with Gasteiger partial charge in [-0.1, -0.05) is 23.7 Å². The second-order valence-electron chi connectivity index (χ2n) is 3.97. The monoisotopic (exact) mass is 263 g/mol. The van der Waals surface area contributed by atoms with E-state index in [0.29, 0.717) is 16.3 Å². The van der Waals surface area contributed by atoms with Crippen molar-refractivity contribution >= 4 is 23.1 Å². The number of hydrogen-bond acceptors (Lipinski definition) is 2. The van der Waals surface area contributed by atoms with E-state index in [0.717, 1.165) is 5.56 Å². The quantitative estimate of drug-likeness (QED) is 0.680. The van der Waals surface area contributed by atoms with Crippen molar-refractivity contribution in [2.45, 2.75) is 6.42 Å². The van der Waals surface area contributed by atoms with Crippen molar-refractivity contribution in [2.75, 3.05) is 5.73 Å². The standard InChI is InChI=1S/C14H11ClFNO/c15-13-8-11(17)5-6-12(13)14(18)7-9-1-3-10(16)4-2-9/h1-6,8H,7,17H2. The topological polar surface area (TPSA) is 43.1 Å². The molecule has 0 saturated carbocycles. The van der Waals surface area contributed by atoms with Gasteiger partial charge in [0.15, 0.2) is 5.78 Å². The molecule has 2 N–H and O–H groups in total. The second-order valence-corrected chi connectivity index (χ2v) is 4.37.